The number of halogens is 1. The van der Waals surface area contributed by atoms with Crippen LogP contribution in [0.25, 0.3) is 0 Å². The lowest BCUT2D eigenvalue weighted by Crippen LogP contribution is -2.42. The Hall–Kier alpha value is -1.73. The monoisotopic (exact) mass is 382 g/mol. The van der Waals surface area contributed by atoms with Gasteiger partial charge in [0.05, 0.1) is 11.3 Å². The Kier molecular flexibility index (Phi) is 5.68. The number of benzene rings is 1. The smallest absolute Gasteiger partial charge is 0.273 e. The lowest BCUT2D eigenvalue weighted by Gasteiger charge is -2.06. The topological polar surface area (TPSA) is 71.3 Å². The highest BCUT2D eigenvalue weighted by Gasteiger charge is 2.14. The van der Waals surface area contributed by atoms with Gasteiger partial charge in [-0.15, -0.1) is 11.8 Å². The Balaban J connectivity index is 1.79. The second kappa shape index (κ2) is 7.51. The number of carbonyl (C=O) groups is 2. The minimum atomic E-state index is -0.392. The van der Waals surface area contributed by atoms with Gasteiger partial charge in [0.15, 0.2) is 0 Å². The number of furan rings is 1. The Morgan fingerprint density at radius 2 is 1.86 bits per heavy atom. The summed E-state index contributed by atoms with van der Waals surface area (Å²) >= 11 is 4.74. The predicted octanol–water partition coefficient (Wildman–Crippen LogP) is 3.21. The number of rotatable bonds is 4. The van der Waals surface area contributed by atoms with E-state index >= 15 is 0 Å². The SMILES string of the molecule is Cc1cc(C(=O)NNC(=O)CSc2ccc(Br)cc2)c(C)o1. The molecule has 0 saturated carbocycles. The highest BCUT2D eigenvalue weighted by Crippen LogP contribution is 2.20. The van der Waals surface area contributed by atoms with E-state index < -0.39 is 5.91 Å². The maximum absolute atomic E-state index is 11.9. The summed E-state index contributed by atoms with van der Waals surface area (Å²) in [6.07, 6.45) is 0. The summed E-state index contributed by atoms with van der Waals surface area (Å²) in [7, 11) is 0. The summed E-state index contributed by atoms with van der Waals surface area (Å²) in [6.45, 7) is 3.46. The van der Waals surface area contributed by atoms with Gasteiger partial charge in [0, 0.05) is 9.37 Å². The van der Waals surface area contributed by atoms with E-state index in [1.165, 1.54) is 11.8 Å². The molecule has 0 radical (unpaired) electrons. The van der Waals surface area contributed by atoms with Crippen LogP contribution in [0.5, 0.6) is 0 Å². The molecule has 0 fully saturated rings. The number of hydrogen-bond acceptors (Lipinski definition) is 4. The molecule has 2 rings (SSSR count). The van der Waals surface area contributed by atoms with E-state index in [1.807, 2.05) is 24.3 Å². The van der Waals surface area contributed by atoms with E-state index in [2.05, 4.69) is 26.8 Å². The molecule has 5 nitrogen and oxygen atoms in total. The molecule has 0 atom stereocenters. The number of carbonyl (C=O) groups excluding carboxylic acids is 2. The summed E-state index contributed by atoms with van der Waals surface area (Å²) in [5.74, 6) is 0.717. The van der Waals surface area contributed by atoms with Crippen molar-refractivity contribution in [3.63, 3.8) is 0 Å². The van der Waals surface area contributed by atoms with Gasteiger partial charge in [-0.05, 0) is 44.2 Å². The van der Waals surface area contributed by atoms with Crippen molar-refractivity contribution in [2.75, 3.05) is 5.75 Å². The third-order valence-corrected chi connectivity index (χ3v) is 4.33. The molecular weight excluding hydrogens is 368 g/mol. The molecule has 1 aromatic carbocycles. The molecule has 1 aromatic heterocycles. The van der Waals surface area contributed by atoms with Crippen LogP contribution in [0, 0.1) is 13.8 Å². The molecule has 0 bridgehead atoms. The van der Waals surface area contributed by atoms with Crippen LogP contribution in [0.15, 0.2) is 44.1 Å². The van der Waals surface area contributed by atoms with Crippen molar-refractivity contribution in [3.8, 4) is 0 Å². The molecule has 1 heterocycles. The molecule has 0 spiro atoms. The van der Waals surface area contributed by atoms with E-state index in [4.69, 9.17) is 4.42 Å². The Morgan fingerprint density at radius 1 is 1.18 bits per heavy atom. The highest BCUT2D eigenvalue weighted by molar-refractivity contribution is 9.10. The summed E-state index contributed by atoms with van der Waals surface area (Å²) in [4.78, 5) is 24.6. The van der Waals surface area contributed by atoms with Gasteiger partial charge in [-0.1, -0.05) is 15.9 Å². The average molecular weight is 383 g/mol. The second-order valence-electron chi connectivity index (χ2n) is 4.57. The Morgan fingerprint density at radius 3 is 2.45 bits per heavy atom. The molecule has 0 saturated heterocycles. The first-order valence-corrected chi connectivity index (χ1v) is 8.28. The van der Waals surface area contributed by atoms with E-state index in [1.54, 1.807) is 19.9 Å². The minimum Gasteiger partial charge on any atom is -0.466 e. The Labute approximate surface area is 140 Å². The van der Waals surface area contributed by atoms with Gasteiger partial charge in [-0.3, -0.25) is 20.4 Å². The molecule has 2 aromatic rings. The van der Waals surface area contributed by atoms with Crippen molar-refractivity contribution in [2.45, 2.75) is 18.7 Å². The maximum atomic E-state index is 11.9. The van der Waals surface area contributed by atoms with Crippen LogP contribution in [0.4, 0.5) is 0 Å². The summed E-state index contributed by atoms with van der Waals surface area (Å²) < 4.78 is 6.26. The normalized spacial score (nSPS) is 10.3. The van der Waals surface area contributed by atoms with Gasteiger partial charge < -0.3 is 4.42 Å². The standard InChI is InChI=1S/C15H15BrN2O3S/c1-9-7-13(10(2)21-9)15(20)18-17-14(19)8-22-12-5-3-11(16)4-6-12/h3-7H,8H2,1-2H3,(H,17,19)(H,18,20). The van der Waals surface area contributed by atoms with Crippen molar-refractivity contribution < 1.29 is 14.0 Å². The fourth-order valence-electron chi connectivity index (χ4n) is 1.77. The minimum absolute atomic E-state index is 0.214. The van der Waals surface area contributed by atoms with Crippen LogP contribution in [-0.4, -0.2) is 17.6 Å². The van der Waals surface area contributed by atoms with Crippen LogP contribution in [0.3, 0.4) is 0 Å². The molecule has 22 heavy (non-hydrogen) atoms. The van der Waals surface area contributed by atoms with E-state index in [-0.39, 0.29) is 11.7 Å². The predicted molar refractivity (Wildman–Crippen MR) is 88.7 cm³/mol. The van der Waals surface area contributed by atoms with Crippen molar-refractivity contribution in [1.82, 2.24) is 10.9 Å². The molecule has 2 N–H and O–H groups in total. The molecule has 0 aliphatic rings. The van der Waals surface area contributed by atoms with Gasteiger partial charge in [0.1, 0.15) is 11.5 Å². The van der Waals surface area contributed by atoms with E-state index in [0.717, 1.165) is 9.37 Å². The van der Waals surface area contributed by atoms with Gasteiger partial charge >= 0.3 is 0 Å². The molecule has 116 valence electrons. The van der Waals surface area contributed by atoms with Crippen molar-refractivity contribution in [3.05, 3.63) is 51.9 Å². The van der Waals surface area contributed by atoms with Crippen molar-refractivity contribution in [2.24, 2.45) is 0 Å². The zero-order chi connectivity index (χ0) is 16.1. The first-order valence-electron chi connectivity index (χ1n) is 6.50. The number of hydrazine groups is 1. The fraction of sp³-hybridized carbons (Fsp3) is 0.200. The number of nitrogens with one attached hydrogen (secondary N) is 2. The summed E-state index contributed by atoms with van der Waals surface area (Å²) in [6, 6.07) is 9.28. The van der Waals surface area contributed by atoms with Crippen molar-refractivity contribution >= 4 is 39.5 Å². The van der Waals surface area contributed by atoms with E-state index in [0.29, 0.717) is 17.1 Å². The zero-order valence-electron chi connectivity index (χ0n) is 12.1. The van der Waals surface area contributed by atoms with Gasteiger partial charge in [-0.2, -0.15) is 0 Å². The van der Waals surface area contributed by atoms with Crippen molar-refractivity contribution in [1.29, 1.82) is 0 Å². The molecule has 0 aliphatic heterocycles. The number of amides is 2. The Bertz CT molecular complexity index is 683. The quantitative estimate of drug-likeness (QED) is 0.628. The molecule has 0 unspecified atom stereocenters. The number of thioether (sulfide) groups is 1. The van der Waals surface area contributed by atoms with Crippen LogP contribution in [0.2, 0.25) is 0 Å². The summed E-state index contributed by atoms with van der Waals surface area (Å²) in [5.41, 5.74) is 5.18. The summed E-state index contributed by atoms with van der Waals surface area (Å²) in [5, 5.41) is 0. The van der Waals surface area contributed by atoms with Crippen LogP contribution < -0.4 is 10.9 Å². The lowest BCUT2D eigenvalue weighted by molar-refractivity contribution is -0.119. The van der Waals surface area contributed by atoms with Gasteiger partial charge in [0.2, 0.25) is 5.91 Å². The zero-order valence-corrected chi connectivity index (χ0v) is 14.5. The third kappa shape index (κ3) is 4.64. The van der Waals surface area contributed by atoms with Crippen LogP contribution in [-0.2, 0) is 4.79 Å². The average Bonchev–Trinajstić information content (AvgIpc) is 2.83. The van der Waals surface area contributed by atoms with Crippen LogP contribution in [0.1, 0.15) is 21.9 Å². The number of hydrogen-bond donors (Lipinski definition) is 2. The second-order valence-corrected chi connectivity index (χ2v) is 6.54. The molecule has 0 aliphatic carbocycles. The van der Waals surface area contributed by atoms with Crippen LogP contribution >= 0.6 is 27.7 Å². The van der Waals surface area contributed by atoms with E-state index in [9.17, 15) is 9.59 Å². The molecule has 2 amide bonds. The molecule has 7 heteroatoms. The van der Waals surface area contributed by atoms with Gasteiger partial charge in [-0.25, -0.2) is 0 Å². The van der Waals surface area contributed by atoms with Gasteiger partial charge in [0.25, 0.3) is 5.91 Å². The largest absolute Gasteiger partial charge is 0.466 e. The first-order chi connectivity index (χ1) is 10.5. The first kappa shape index (κ1) is 16.6. The lowest BCUT2D eigenvalue weighted by atomic mass is 10.2. The molecular formula is C15H15BrN2O3S. The third-order valence-electron chi connectivity index (χ3n) is 2.78. The highest BCUT2D eigenvalue weighted by atomic mass is 79.9. The maximum Gasteiger partial charge on any atom is 0.273 e. The fourth-order valence-corrected chi connectivity index (χ4v) is 2.73. The number of aryl methyl sites for hydroxylation is 2.